The maximum atomic E-state index is 2.45. The van der Waals surface area contributed by atoms with Crippen LogP contribution in [-0.4, -0.2) is 4.57 Å². The van der Waals surface area contributed by atoms with E-state index in [9.17, 15) is 0 Å². The van der Waals surface area contributed by atoms with Crippen molar-refractivity contribution in [3.8, 4) is 16.8 Å². The van der Waals surface area contributed by atoms with Crippen LogP contribution in [0.15, 0.2) is 194 Å². The molecule has 0 aliphatic heterocycles. The van der Waals surface area contributed by atoms with E-state index in [0.717, 1.165) is 22.7 Å². The van der Waals surface area contributed by atoms with Crippen LogP contribution in [0.3, 0.4) is 0 Å². The number of anilines is 3. The molecule has 0 atom stereocenters. The van der Waals surface area contributed by atoms with Crippen LogP contribution in [0, 0.1) is 0 Å². The van der Waals surface area contributed by atoms with Crippen LogP contribution in [0.25, 0.3) is 70.9 Å². The van der Waals surface area contributed by atoms with Crippen molar-refractivity contribution in [2.75, 3.05) is 4.90 Å². The molecule has 0 aliphatic rings. The molecule has 10 aromatic rings. The maximum absolute atomic E-state index is 2.45. The van der Waals surface area contributed by atoms with Gasteiger partial charge in [0.05, 0.1) is 16.7 Å². The largest absolute Gasteiger partial charge is 0.310 e. The van der Waals surface area contributed by atoms with E-state index in [1.165, 1.54) is 65.3 Å². The topological polar surface area (TPSA) is 8.17 Å². The van der Waals surface area contributed by atoms with E-state index in [1.807, 2.05) is 0 Å². The van der Waals surface area contributed by atoms with Crippen LogP contribution >= 0.6 is 0 Å². The van der Waals surface area contributed by atoms with Gasteiger partial charge < -0.3 is 9.47 Å². The average molecular weight is 637 g/mol. The minimum atomic E-state index is 1.11. The predicted octanol–water partition coefficient (Wildman–Crippen LogP) is 13.4. The van der Waals surface area contributed by atoms with Gasteiger partial charge in [0, 0.05) is 33.2 Å². The molecule has 0 radical (unpaired) electrons. The summed E-state index contributed by atoms with van der Waals surface area (Å²) in [7, 11) is 0. The first-order valence-corrected chi connectivity index (χ1v) is 17.2. The Labute approximate surface area is 290 Å². The molecular formula is C48H32N2. The molecule has 10 rings (SSSR count). The molecule has 0 saturated heterocycles. The van der Waals surface area contributed by atoms with Gasteiger partial charge in [-0.25, -0.2) is 0 Å². The van der Waals surface area contributed by atoms with Gasteiger partial charge >= 0.3 is 0 Å². The summed E-state index contributed by atoms with van der Waals surface area (Å²) in [6.07, 6.45) is 0. The fourth-order valence-electron chi connectivity index (χ4n) is 7.94. The maximum Gasteiger partial charge on any atom is 0.0546 e. The lowest BCUT2D eigenvalue weighted by Crippen LogP contribution is -2.10. The number of benzene rings is 9. The molecule has 0 unspecified atom stereocenters. The second-order valence-electron chi connectivity index (χ2n) is 12.9. The van der Waals surface area contributed by atoms with Crippen molar-refractivity contribution in [2.24, 2.45) is 0 Å². The first-order chi connectivity index (χ1) is 24.8. The third kappa shape index (κ3) is 4.43. The zero-order valence-electron chi connectivity index (χ0n) is 27.4. The zero-order valence-corrected chi connectivity index (χ0v) is 27.4. The van der Waals surface area contributed by atoms with Gasteiger partial charge in [0.1, 0.15) is 0 Å². The molecule has 9 aromatic carbocycles. The Morgan fingerprint density at radius 3 is 1.52 bits per heavy atom. The van der Waals surface area contributed by atoms with Gasteiger partial charge in [-0.15, -0.1) is 0 Å². The van der Waals surface area contributed by atoms with E-state index in [1.54, 1.807) is 0 Å². The van der Waals surface area contributed by atoms with E-state index in [4.69, 9.17) is 0 Å². The van der Waals surface area contributed by atoms with Gasteiger partial charge in [-0.1, -0.05) is 140 Å². The molecule has 2 nitrogen and oxygen atoms in total. The molecule has 0 spiro atoms. The molecular weight excluding hydrogens is 605 g/mol. The molecule has 1 heterocycles. The Morgan fingerprint density at radius 1 is 0.320 bits per heavy atom. The zero-order chi connectivity index (χ0) is 33.0. The fraction of sp³-hybridized carbons (Fsp3) is 0. The Bertz CT molecular complexity index is 2800. The van der Waals surface area contributed by atoms with Gasteiger partial charge in [-0.2, -0.15) is 0 Å². The SMILES string of the molecule is c1ccc(-c2ccc(N(c3ccc4c(c3)c3ccccc3n4-c3ccccc3)c3cccc4c5ccccc5c5ccccc5c34)cc2)cc1. The van der Waals surface area contributed by atoms with Gasteiger partial charge in [0.25, 0.3) is 0 Å². The van der Waals surface area contributed by atoms with Gasteiger partial charge in [0.15, 0.2) is 0 Å². The predicted molar refractivity (Wildman–Crippen MR) is 213 cm³/mol. The van der Waals surface area contributed by atoms with Crippen LogP contribution in [0.5, 0.6) is 0 Å². The third-order valence-electron chi connectivity index (χ3n) is 10.1. The second-order valence-corrected chi connectivity index (χ2v) is 12.9. The lowest BCUT2D eigenvalue weighted by atomic mass is 9.93. The summed E-state index contributed by atoms with van der Waals surface area (Å²) in [5, 5.41) is 10.0. The van der Waals surface area contributed by atoms with Crippen LogP contribution < -0.4 is 4.90 Å². The first kappa shape index (κ1) is 28.4. The molecule has 0 N–H and O–H groups in total. The summed E-state index contributed by atoms with van der Waals surface area (Å²) in [5.41, 5.74) is 9.34. The summed E-state index contributed by atoms with van der Waals surface area (Å²) < 4.78 is 2.38. The molecule has 0 fully saturated rings. The van der Waals surface area contributed by atoms with E-state index in [0.29, 0.717) is 0 Å². The van der Waals surface area contributed by atoms with Crippen molar-refractivity contribution in [2.45, 2.75) is 0 Å². The minimum absolute atomic E-state index is 1.11. The number of para-hydroxylation sites is 2. The van der Waals surface area contributed by atoms with Crippen molar-refractivity contribution in [3.63, 3.8) is 0 Å². The van der Waals surface area contributed by atoms with E-state index < -0.39 is 0 Å². The van der Waals surface area contributed by atoms with Crippen molar-refractivity contribution in [1.82, 2.24) is 4.57 Å². The molecule has 0 saturated carbocycles. The number of aromatic nitrogens is 1. The van der Waals surface area contributed by atoms with E-state index in [2.05, 4.69) is 204 Å². The van der Waals surface area contributed by atoms with Crippen LogP contribution in [0.2, 0.25) is 0 Å². The summed E-state index contributed by atoms with van der Waals surface area (Å²) in [5.74, 6) is 0. The summed E-state index contributed by atoms with van der Waals surface area (Å²) in [6, 6.07) is 70.5. The number of nitrogens with zero attached hydrogens (tertiary/aromatic N) is 2. The Morgan fingerprint density at radius 2 is 0.820 bits per heavy atom. The molecule has 234 valence electrons. The van der Waals surface area contributed by atoms with Gasteiger partial charge in [0.2, 0.25) is 0 Å². The Kier molecular flexibility index (Phi) is 6.53. The van der Waals surface area contributed by atoms with Crippen molar-refractivity contribution >= 4 is 71.2 Å². The highest BCUT2D eigenvalue weighted by Gasteiger charge is 2.21. The summed E-state index contributed by atoms with van der Waals surface area (Å²) in [6.45, 7) is 0. The molecule has 2 heteroatoms. The van der Waals surface area contributed by atoms with Crippen molar-refractivity contribution in [1.29, 1.82) is 0 Å². The molecule has 50 heavy (non-hydrogen) atoms. The quantitative estimate of drug-likeness (QED) is 0.171. The second kappa shape index (κ2) is 11.5. The van der Waals surface area contributed by atoms with E-state index >= 15 is 0 Å². The number of fused-ring (bicyclic) bond motifs is 9. The third-order valence-corrected chi connectivity index (χ3v) is 10.1. The molecule has 0 aliphatic carbocycles. The molecule has 0 amide bonds. The summed E-state index contributed by atoms with van der Waals surface area (Å²) in [4.78, 5) is 2.45. The highest BCUT2D eigenvalue weighted by Crippen LogP contribution is 2.46. The Hall–Kier alpha value is -6.64. The first-order valence-electron chi connectivity index (χ1n) is 17.2. The van der Waals surface area contributed by atoms with Crippen molar-refractivity contribution in [3.05, 3.63) is 194 Å². The van der Waals surface area contributed by atoms with Gasteiger partial charge in [-0.05, 0) is 92.7 Å². The normalized spacial score (nSPS) is 11.6. The molecule has 0 bridgehead atoms. The number of hydrogen-bond donors (Lipinski definition) is 0. The average Bonchev–Trinajstić information content (AvgIpc) is 3.53. The number of rotatable bonds is 5. The van der Waals surface area contributed by atoms with Crippen LogP contribution in [-0.2, 0) is 0 Å². The minimum Gasteiger partial charge on any atom is -0.310 e. The standard InChI is InChI=1S/C48H32N2/c1-3-14-33(15-4-1)34-26-28-36(29-27-34)49(47-25-13-23-43-40-19-8-7-18-38(40)39-20-9-10-22-42(39)48(43)47)37-30-31-46-44(32-37)41-21-11-12-24-45(41)50(46)35-16-5-2-6-17-35/h1-32H. The monoisotopic (exact) mass is 636 g/mol. The lowest BCUT2D eigenvalue weighted by Gasteiger charge is -2.28. The van der Waals surface area contributed by atoms with Gasteiger partial charge in [-0.3, -0.25) is 0 Å². The lowest BCUT2D eigenvalue weighted by molar-refractivity contribution is 1.18. The smallest absolute Gasteiger partial charge is 0.0546 e. The Balaban J connectivity index is 1.27. The highest BCUT2D eigenvalue weighted by molar-refractivity contribution is 6.28. The van der Waals surface area contributed by atoms with Crippen LogP contribution in [0.4, 0.5) is 17.1 Å². The molecule has 1 aromatic heterocycles. The van der Waals surface area contributed by atoms with Crippen LogP contribution in [0.1, 0.15) is 0 Å². The highest BCUT2D eigenvalue weighted by atomic mass is 15.1. The number of hydrogen-bond acceptors (Lipinski definition) is 1. The van der Waals surface area contributed by atoms with E-state index in [-0.39, 0.29) is 0 Å². The fourth-order valence-corrected chi connectivity index (χ4v) is 7.94. The summed E-state index contributed by atoms with van der Waals surface area (Å²) >= 11 is 0. The van der Waals surface area contributed by atoms with Crippen molar-refractivity contribution < 1.29 is 0 Å².